The average Bonchev–Trinajstić information content (AvgIpc) is 3.13. The van der Waals surface area contributed by atoms with Crippen molar-refractivity contribution in [3.8, 4) is 6.07 Å². The van der Waals surface area contributed by atoms with Gasteiger partial charge >= 0.3 is 0 Å². The number of rotatable bonds is 5. The monoisotopic (exact) mass is 484 g/mol. The van der Waals surface area contributed by atoms with Crippen molar-refractivity contribution >= 4 is 40.1 Å². The highest BCUT2D eigenvalue weighted by Crippen LogP contribution is 2.33. The molecule has 1 fully saturated rings. The Morgan fingerprint density at radius 1 is 1.27 bits per heavy atom. The number of hydrogen-bond acceptors (Lipinski definition) is 4. The number of imidazole rings is 1. The molecule has 1 aliphatic rings. The summed E-state index contributed by atoms with van der Waals surface area (Å²) in [6.45, 7) is 3.43. The number of hydrogen-bond donors (Lipinski definition) is 1. The largest absolute Gasteiger partial charge is 0.396 e. The predicted octanol–water partition coefficient (Wildman–Crippen LogP) is 4.89. The van der Waals surface area contributed by atoms with Gasteiger partial charge in [-0.3, -0.25) is 4.79 Å². The lowest BCUT2D eigenvalue weighted by Crippen LogP contribution is -2.38. The molecule has 33 heavy (non-hydrogen) atoms. The third-order valence-corrected chi connectivity index (χ3v) is 7.38. The Kier molecular flexibility index (Phi) is 6.94. The van der Waals surface area contributed by atoms with Crippen LogP contribution < -0.4 is 0 Å². The maximum Gasteiger partial charge on any atom is 0.255 e. The van der Waals surface area contributed by atoms with E-state index in [1.54, 1.807) is 12.1 Å². The molecule has 1 amide bonds. The zero-order chi connectivity index (χ0) is 23.7. The summed E-state index contributed by atoms with van der Waals surface area (Å²) in [7, 11) is 1.90. The van der Waals surface area contributed by atoms with Gasteiger partial charge in [0.25, 0.3) is 5.91 Å². The number of aryl methyl sites for hydroxylation is 2. The van der Waals surface area contributed by atoms with Gasteiger partial charge in [-0.1, -0.05) is 23.2 Å². The number of aliphatic hydroxyl groups excluding tert-OH is 1. The first-order valence-electron chi connectivity index (χ1n) is 11.1. The highest BCUT2D eigenvalue weighted by atomic mass is 35.5. The van der Waals surface area contributed by atoms with E-state index in [1.165, 1.54) is 0 Å². The predicted molar refractivity (Wildman–Crippen MR) is 130 cm³/mol. The lowest BCUT2D eigenvalue weighted by molar-refractivity contribution is 0.0678. The molecule has 0 aliphatic carbocycles. The Labute approximate surface area is 203 Å². The number of carbonyl (C=O) groups excluding carboxylic acids is 1. The van der Waals surface area contributed by atoms with Crippen LogP contribution >= 0.6 is 23.2 Å². The topological polar surface area (TPSA) is 82.2 Å². The van der Waals surface area contributed by atoms with E-state index in [0.29, 0.717) is 52.2 Å². The minimum atomic E-state index is -0.0973. The van der Waals surface area contributed by atoms with Gasteiger partial charge in [0.1, 0.15) is 5.82 Å². The fraction of sp³-hybridized carbons (Fsp3) is 0.400. The number of carbonyl (C=O) groups is 1. The molecule has 172 valence electrons. The molecule has 0 atom stereocenters. The first kappa shape index (κ1) is 23.6. The van der Waals surface area contributed by atoms with Crippen molar-refractivity contribution in [2.24, 2.45) is 13.0 Å². The lowest BCUT2D eigenvalue weighted by Gasteiger charge is -2.32. The van der Waals surface area contributed by atoms with Crippen molar-refractivity contribution in [1.29, 1.82) is 5.26 Å². The van der Waals surface area contributed by atoms with Crippen LogP contribution in [0.4, 0.5) is 0 Å². The molecular weight excluding hydrogens is 459 g/mol. The lowest BCUT2D eigenvalue weighted by atomic mass is 9.93. The summed E-state index contributed by atoms with van der Waals surface area (Å²) in [6.07, 6.45) is 2.91. The molecule has 0 spiro atoms. The van der Waals surface area contributed by atoms with Crippen LogP contribution in [-0.2, 0) is 13.5 Å². The molecule has 0 unspecified atom stereocenters. The van der Waals surface area contributed by atoms with Crippen LogP contribution in [0.15, 0.2) is 24.3 Å². The molecule has 2 heterocycles. The fourth-order valence-corrected chi connectivity index (χ4v) is 5.17. The van der Waals surface area contributed by atoms with Gasteiger partial charge in [-0.25, -0.2) is 4.98 Å². The Bertz CT molecular complexity index is 1250. The molecule has 8 heteroatoms. The number of piperidine rings is 1. The van der Waals surface area contributed by atoms with Gasteiger partial charge < -0.3 is 14.6 Å². The number of likely N-dealkylation sites (tertiary alicyclic amines) is 1. The summed E-state index contributed by atoms with van der Waals surface area (Å²) in [6, 6.07) is 9.24. The summed E-state index contributed by atoms with van der Waals surface area (Å²) in [5, 5.41) is 19.3. The van der Waals surface area contributed by atoms with E-state index >= 15 is 0 Å². The minimum absolute atomic E-state index is 0.0973. The maximum atomic E-state index is 13.2. The Morgan fingerprint density at radius 3 is 2.67 bits per heavy atom. The van der Waals surface area contributed by atoms with Crippen LogP contribution in [0.25, 0.3) is 11.0 Å². The summed E-state index contributed by atoms with van der Waals surface area (Å²) < 4.78 is 1.94. The van der Waals surface area contributed by atoms with Gasteiger partial charge in [0.05, 0.1) is 33.3 Å². The fourth-order valence-electron chi connectivity index (χ4n) is 4.59. The molecule has 3 aromatic rings. The van der Waals surface area contributed by atoms with Crippen molar-refractivity contribution < 1.29 is 9.90 Å². The highest BCUT2D eigenvalue weighted by molar-refractivity contribution is 6.38. The smallest absolute Gasteiger partial charge is 0.255 e. The molecule has 1 saturated heterocycles. The van der Waals surface area contributed by atoms with Gasteiger partial charge in [0, 0.05) is 38.2 Å². The van der Waals surface area contributed by atoms with Gasteiger partial charge in [0.15, 0.2) is 0 Å². The summed E-state index contributed by atoms with van der Waals surface area (Å²) in [4.78, 5) is 19.8. The van der Waals surface area contributed by atoms with Crippen LogP contribution in [0.2, 0.25) is 10.0 Å². The van der Waals surface area contributed by atoms with Gasteiger partial charge in [-0.2, -0.15) is 5.26 Å². The van der Waals surface area contributed by atoms with Gasteiger partial charge in [0.2, 0.25) is 0 Å². The second-order valence-corrected chi connectivity index (χ2v) is 9.46. The zero-order valence-corrected chi connectivity index (χ0v) is 20.2. The van der Waals surface area contributed by atoms with Crippen molar-refractivity contribution in [1.82, 2.24) is 14.5 Å². The van der Waals surface area contributed by atoms with E-state index in [2.05, 4.69) is 6.07 Å². The van der Waals surface area contributed by atoms with E-state index in [-0.39, 0.29) is 12.5 Å². The molecule has 1 aromatic heterocycles. The standard InChI is InChI=1S/C25H26Cl2N4O2/c1-15-11-17(14-28)12-21-24(15)29-22(30(21)2)13-19-20(26)4-3-18(23(19)27)25(33)31-8-5-16(6-9-31)7-10-32/h3-4,11-12,16,32H,5-10,13H2,1-2H3. The zero-order valence-electron chi connectivity index (χ0n) is 18.7. The minimum Gasteiger partial charge on any atom is -0.396 e. The molecular formula is C25H26Cl2N4O2. The Hall–Kier alpha value is -2.59. The average molecular weight is 485 g/mol. The molecule has 2 aromatic carbocycles. The normalized spacial score (nSPS) is 14.6. The molecule has 0 bridgehead atoms. The number of halogens is 2. The van der Waals surface area contributed by atoms with E-state index < -0.39 is 0 Å². The van der Waals surface area contributed by atoms with Gasteiger partial charge in [-0.05, 0) is 67.5 Å². The summed E-state index contributed by atoms with van der Waals surface area (Å²) in [5.41, 5.74) is 4.32. The van der Waals surface area contributed by atoms with Gasteiger partial charge in [-0.15, -0.1) is 0 Å². The molecule has 6 nitrogen and oxygen atoms in total. The molecule has 4 rings (SSSR count). The van der Waals surface area contributed by atoms with E-state index in [1.807, 2.05) is 35.6 Å². The summed E-state index contributed by atoms with van der Waals surface area (Å²) >= 11 is 13.3. The third-order valence-electron chi connectivity index (χ3n) is 6.59. The number of amides is 1. The molecule has 0 radical (unpaired) electrons. The van der Waals surface area contributed by atoms with E-state index in [4.69, 9.17) is 33.3 Å². The second-order valence-electron chi connectivity index (χ2n) is 8.67. The Morgan fingerprint density at radius 2 is 2.00 bits per heavy atom. The quantitative estimate of drug-likeness (QED) is 0.558. The van der Waals surface area contributed by atoms with E-state index in [9.17, 15) is 10.1 Å². The van der Waals surface area contributed by atoms with Crippen molar-refractivity contribution in [2.75, 3.05) is 19.7 Å². The van der Waals surface area contributed by atoms with Crippen molar-refractivity contribution in [2.45, 2.75) is 32.6 Å². The third kappa shape index (κ3) is 4.59. The second kappa shape index (κ2) is 9.72. The highest BCUT2D eigenvalue weighted by Gasteiger charge is 2.26. The van der Waals surface area contributed by atoms with Crippen LogP contribution in [0.1, 0.15) is 52.1 Å². The van der Waals surface area contributed by atoms with Crippen LogP contribution in [0, 0.1) is 24.2 Å². The SMILES string of the molecule is Cc1cc(C#N)cc2c1nc(Cc1c(Cl)ccc(C(=O)N3CCC(CCO)CC3)c1Cl)n2C. The number of aliphatic hydroxyl groups is 1. The number of nitriles is 1. The number of fused-ring (bicyclic) bond motifs is 1. The van der Waals surface area contributed by atoms with Crippen LogP contribution in [0.5, 0.6) is 0 Å². The van der Waals surface area contributed by atoms with Crippen LogP contribution in [0.3, 0.4) is 0 Å². The maximum absolute atomic E-state index is 13.2. The van der Waals surface area contributed by atoms with Crippen molar-refractivity contribution in [3.63, 3.8) is 0 Å². The van der Waals surface area contributed by atoms with Crippen molar-refractivity contribution in [3.05, 3.63) is 62.4 Å². The molecule has 1 N–H and O–H groups in total. The molecule has 1 aliphatic heterocycles. The number of aromatic nitrogens is 2. The number of nitrogens with zero attached hydrogens (tertiary/aromatic N) is 4. The van der Waals surface area contributed by atoms with E-state index in [0.717, 1.165) is 41.7 Å². The number of benzene rings is 2. The first-order chi connectivity index (χ1) is 15.8. The summed E-state index contributed by atoms with van der Waals surface area (Å²) in [5.74, 6) is 1.11. The first-order valence-corrected chi connectivity index (χ1v) is 11.8. The van der Waals surface area contributed by atoms with Crippen LogP contribution in [-0.4, -0.2) is 45.2 Å². The Balaban J connectivity index is 1.63. The molecule has 0 saturated carbocycles.